The van der Waals surface area contributed by atoms with Gasteiger partial charge in [0, 0.05) is 22.1 Å². The highest BCUT2D eigenvalue weighted by molar-refractivity contribution is 14.1. The smallest absolute Gasteiger partial charge is 0.178 e. The average Bonchev–Trinajstić information content (AvgIpc) is 2.16. The van der Waals surface area contributed by atoms with Crippen LogP contribution in [0.25, 0.3) is 10.8 Å². The van der Waals surface area contributed by atoms with Crippen molar-refractivity contribution in [2.45, 2.75) is 6.92 Å². The minimum Gasteiger partial charge on any atom is -0.293 e. The maximum Gasteiger partial charge on any atom is 0.178 e. The fourth-order valence-electron chi connectivity index (χ4n) is 1.30. The van der Waals surface area contributed by atoms with E-state index in [-0.39, 0.29) is 5.78 Å². The molecule has 0 aliphatic carbocycles. The molecule has 2 nitrogen and oxygen atoms in total. The molecule has 1 heterocycles. The van der Waals surface area contributed by atoms with E-state index in [1.165, 1.54) is 6.92 Å². The maximum atomic E-state index is 11.1. The van der Waals surface area contributed by atoms with E-state index in [4.69, 9.17) is 0 Å². The van der Waals surface area contributed by atoms with Crippen LogP contribution >= 0.6 is 22.6 Å². The minimum absolute atomic E-state index is 0.00533. The second-order valence-corrected chi connectivity index (χ2v) is 4.36. The van der Waals surface area contributed by atoms with Crippen molar-refractivity contribution in [2.75, 3.05) is 0 Å². The highest BCUT2D eigenvalue weighted by atomic mass is 127. The van der Waals surface area contributed by atoms with Crippen molar-refractivity contribution in [1.29, 1.82) is 0 Å². The maximum absolute atomic E-state index is 11.1. The topological polar surface area (TPSA) is 30.0 Å². The first kappa shape index (κ1) is 9.58. The number of halogens is 1. The third-order valence-corrected chi connectivity index (χ3v) is 2.72. The van der Waals surface area contributed by atoms with Gasteiger partial charge in [-0.15, -0.1) is 0 Å². The summed E-state index contributed by atoms with van der Waals surface area (Å²) in [6.45, 7) is 1.53. The third-order valence-electron chi connectivity index (χ3n) is 2.04. The number of pyridine rings is 1. The summed E-state index contributed by atoms with van der Waals surface area (Å²) in [5.74, 6) is 0.00533. The van der Waals surface area contributed by atoms with E-state index in [1.807, 2.05) is 24.3 Å². The summed E-state index contributed by atoms with van der Waals surface area (Å²) in [5.41, 5.74) is 0.527. The summed E-state index contributed by atoms with van der Waals surface area (Å²) in [4.78, 5) is 15.2. The Hall–Kier alpha value is -0.970. The highest BCUT2D eigenvalue weighted by Gasteiger charge is 2.02. The Bertz CT molecular complexity index is 508. The van der Waals surface area contributed by atoms with E-state index in [2.05, 4.69) is 27.6 Å². The van der Waals surface area contributed by atoms with Crippen molar-refractivity contribution >= 4 is 39.1 Å². The van der Waals surface area contributed by atoms with Crippen LogP contribution in [0.4, 0.5) is 0 Å². The third kappa shape index (κ3) is 1.77. The molecule has 0 radical (unpaired) electrons. The van der Waals surface area contributed by atoms with Crippen molar-refractivity contribution in [1.82, 2.24) is 4.98 Å². The number of hydrogen-bond donors (Lipinski definition) is 0. The molecule has 2 aromatic rings. The Morgan fingerprint density at radius 2 is 2.07 bits per heavy atom. The molecule has 0 saturated heterocycles. The van der Waals surface area contributed by atoms with Gasteiger partial charge < -0.3 is 0 Å². The molecule has 0 atom stereocenters. The number of Topliss-reactive ketones (excluding diaryl/α,β-unsaturated/α-hetero) is 1. The SMILES string of the molecule is CC(=O)c1cc2cc(I)ccc2cn1. The fraction of sp³-hybridized carbons (Fsp3) is 0.0909. The Labute approximate surface area is 95.5 Å². The normalized spacial score (nSPS) is 10.4. The van der Waals surface area contributed by atoms with E-state index in [0.29, 0.717) is 5.69 Å². The molecule has 0 aliphatic rings. The molecule has 3 heteroatoms. The van der Waals surface area contributed by atoms with Crippen molar-refractivity contribution in [2.24, 2.45) is 0 Å². The van der Waals surface area contributed by atoms with Crippen molar-refractivity contribution in [3.8, 4) is 0 Å². The molecule has 0 N–H and O–H groups in total. The zero-order chi connectivity index (χ0) is 10.1. The monoisotopic (exact) mass is 297 g/mol. The number of nitrogens with zero attached hydrogens (tertiary/aromatic N) is 1. The summed E-state index contributed by atoms with van der Waals surface area (Å²) in [6, 6.07) is 7.91. The summed E-state index contributed by atoms with van der Waals surface area (Å²) < 4.78 is 1.16. The summed E-state index contributed by atoms with van der Waals surface area (Å²) in [6.07, 6.45) is 1.74. The van der Waals surface area contributed by atoms with Crippen LogP contribution in [0.5, 0.6) is 0 Å². The molecule has 1 aromatic heterocycles. The lowest BCUT2D eigenvalue weighted by Gasteiger charge is -2.00. The molecule has 2 rings (SSSR count). The number of ketones is 1. The number of hydrogen-bond acceptors (Lipinski definition) is 2. The molecule has 0 amide bonds. The van der Waals surface area contributed by atoms with E-state index < -0.39 is 0 Å². The van der Waals surface area contributed by atoms with E-state index >= 15 is 0 Å². The second kappa shape index (κ2) is 3.65. The predicted octanol–water partition coefficient (Wildman–Crippen LogP) is 3.04. The van der Waals surface area contributed by atoms with Crippen LogP contribution in [0.2, 0.25) is 0 Å². The molecule has 1 aromatic carbocycles. The van der Waals surface area contributed by atoms with Gasteiger partial charge in [-0.25, -0.2) is 0 Å². The van der Waals surface area contributed by atoms with Crippen LogP contribution in [-0.4, -0.2) is 10.8 Å². The van der Waals surface area contributed by atoms with Crippen LogP contribution < -0.4 is 0 Å². The summed E-state index contributed by atoms with van der Waals surface area (Å²) >= 11 is 2.25. The van der Waals surface area contributed by atoms with Crippen LogP contribution in [0.3, 0.4) is 0 Å². The number of aromatic nitrogens is 1. The number of fused-ring (bicyclic) bond motifs is 1. The van der Waals surface area contributed by atoms with Gasteiger partial charge in [-0.2, -0.15) is 0 Å². The Balaban J connectivity index is 2.69. The van der Waals surface area contributed by atoms with E-state index in [1.54, 1.807) is 6.20 Å². The van der Waals surface area contributed by atoms with Gasteiger partial charge in [0.2, 0.25) is 0 Å². The van der Waals surface area contributed by atoms with Crippen LogP contribution in [0.15, 0.2) is 30.5 Å². The molecular formula is C11H8INO. The summed E-state index contributed by atoms with van der Waals surface area (Å²) in [5, 5.41) is 2.13. The molecule has 0 saturated carbocycles. The lowest BCUT2D eigenvalue weighted by atomic mass is 10.1. The molecule has 0 bridgehead atoms. The average molecular weight is 297 g/mol. The van der Waals surface area contributed by atoms with Gasteiger partial charge in [-0.1, -0.05) is 6.07 Å². The van der Waals surface area contributed by atoms with Gasteiger partial charge in [-0.05, 0) is 46.2 Å². The fourth-order valence-corrected chi connectivity index (χ4v) is 1.82. The number of benzene rings is 1. The van der Waals surface area contributed by atoms with Gasteiger partial charge >= 0.3 is 0 Å². The molecule has 0 fully saturated rings. The number of rotatable bonds is 1. The quantitative estimate of drug-likeness (QED) is 0.598. The molecular weight excluding hydrogens is 289 g/mol. The molecule has 70 valence electrons. The zero-order valence-electron chi connectivity index (χ0n) is 7.62. The van der Waals surface area contributed by atoms with Gasteiger partial charge in [0.25, 0.3) is 0 Å². The predicted molar refractivity (Wildman–Crippen MR) is 64.5 cm³/mol. The van der Waals surface area contributed by atoms with Crippen molar-refractivity contribution in [3.63, 3.8) is 0 Å². The number of carbonyl (C=O) groups excluding carboxylic acids is 1. The molecule has 0 unspecified atom stereocenters. The molecule has 0 aliphatic heterocycles. The van der Waals surface area contributed by atoms with Crippen LogP contribution in [0, 0.1) is 3.57 Å². The van der Waals surface area contributed by atoms with Crippen molar-refractivity contribution < 1.29 is 4.79 Å². The van der Waals surface area contributed by atoms with Crippen LogP contribution in [-0.2, 0) is 0 Å². The zero-order valence-corrected chi connectivity index (χ0v) is 9.78. The highest BCUT2D eigenvalue weighted by Crippen LogP contribution is 2.17. The Kier molecular flexibility index (Phi) is 2.50. The van der Waals surface area contributed by atoms with Gasteiger partial charge in [0.1, 0.15) is 5.69 Å². The number of carbonyl (C=O) groups is 1. The first-order chi connectivity index (χ1) is 6.66. The van der Waals surface area contributed by atoms with Crippen molar-refractivity contribution in [3.05, 3.63) is 39.7 Å². The lowest BCUT2D eigenvalue weighted by molar-refractivity contribution is 0.101. The standard InChI is InChI=1S/C11H8INO/c1-7(14)11-5-9-4-10(12)3-2-8(9)6-13-11/h2-6H,1H3. The lowest BCUT2D eigenvalue weighted by Crippen LogP contribution is -1.95. The second-order valence-electron chi connectivity index (χ2n) is 3.12. The Morgan fingerprint density at radius 3 is 2.79 bits per heavy atom. The largest absolute Gasteiger partial charge is 0.293 e. The van der Waals surface area contributed by atoms with Gasteiger partial charge in [-0.3, -0.25) is 9.78 Å². The first-order valence-electron chi connectivity index (χ1n) is 4.23. The minimum atomic E-state index is 0.00533. The first-order valence-corrected chi connectivity index (χ1v) is 5.31. The molecule has 14 heavy (non-hydrogen) atoms. The molecule has 0 spiro atoms. The van der Waals surface area contributed by atoms with Crippen LogP contribution in [0.1, 0.15) is 17.4 Å². The van der Waals surface area contributed by atoms with Gasteiger partial charge in [0.15, 0.2) is 5.78 Å². The Morgan fingerprint density at radius 1 is 1.29 bits per heavy atom. The van der Waals surface area contributed by atoms with E-state index in [9.17, 15) is 4.79 Å². The van der Waals surface area contributed by atoms with E-state index in [0.717, 1.165) is 14.3 Å². The van der Waals surface area contributed by atoms with Gasteiger partial charge in [0.05, 0.1) is 0 Å². The summed E-state index contributed by atoms with van der Waals surface area (Å²) in [7, 11) is 0.